The highest BCUT2D eigenvalue weighted by molar-refractivity contribution is 5.41. The molecule has 1 aromatic heterocycles. The molecule has 1 fully saturated rings. The number of hydrogen-bond donors (Lipinski definition) is 4. The van der Waals surface area contributed by atoms with Gasteiger partial charge in [-0.1, -0.05) is 6.42 Å². The topological polar surface area (TPSA) is 96.1 Å². The van der Waals surface area contributed by atoms with Gasteiger partial charge in [0.1, 0.15) is 5.82 Å². The second-order valence-corrected chi connectivity index (χ2v) is 4.50. The number of nitrogens with zero attached hydrogens (tertiary/aromatic N) is 2. The van der Waals surface area contributed by atoms with Crippen LogP contribution in [0.2, 0.25) is 0 Å². The molecule has 0 aromatic carbocycles. The molecule has 0 aliphatic heterocycles. The van der Waals surface area contributed by atoms with Crippen molar-refractivity contribution in [2.75, 3.05) is 17.3 Å². The summed E-state index contributed by atoms with van der Waals surface area (Å²) in [6, 6.07) is 1.86. The first-order valence-electron chi connectivity index (χ1n) is 5.93. The summed E-state index contributed by atoms with van der Waals surface area (Å²) in [6.07, 6.45) is 2.90. The molecule has 2 rings (SSSR count). The lowest BCUT2D eigenvalue weighted by Crippen LogP contribution is -2.22. The molecule has 1 heterocycles. The summed E-state index contributed by atoms with van der Waals surface area (Å²) < 4.78 is 0. The van der Waals surface area contributed by atoms with Crippen molar-refractivity contribution in [1.82, 2.24) is 9.97 Å². The lowest BCUT2D eigenvalue weighted by atomic mass is 10.1. The van der Waals surface area contributed by atoms with Gasteiger partial charge >= 0.3 is 0 Å². The Morgan fingerprint density at radius 2 is 2.29 bits per heavy atom. The number of rotatable bonds is 4. The van der Waals surface area contributed by atoms with E-state index in [2.05, 4.69) is 20.7 Å². The summed E-state index contributed by atoms with van der Waals surface area (Å²) in [5.41, 5.74) is 3.28. The molecule has 0 amide bonds. The van der Waals surface area contributed by atoms with Gasteiger partial charge in [-0.3, -0.25) is 5.43 Å². The van der Waals surface area contributed by atoms with Crippen LogP contribution in [-0.2, 0) is 0 Å². The van der Waals surface area contributed by atoms with Crippen LogP contribution in [0.4, 0.5) is 11.8 Å². The van der Waals surface area contributed by atoms with Crippen LogP contribution >= 0.6 is 0 Å². The molecule has 1 saturated carbocycles. The van der Waals surface area contributed by atoms with Crippen LogP contribution in [0.5, 0.6) is 0 Å². The van der Waals surface area contributed by atoms with Crippen LogP contribution in [0.15, 0.2) is 6.07 Å². The summed E-state index contributed by atoms with van der Waals surface area (Å²) in [5.74, 6) is 6.75. The third-order valence-electron chi connectivity index (χ3n) is 3.15. The van der Waals surface area contributed by atoms with Gasteiger partial charge in [0, 0.05) is 24.2 Å². The fourth-order valence-corrected chi connectivity index (χ4v) is 2.21. The summed E-state index contributed by atoms with van der Waals surface area (Å²) in [6.45, 7) is 2.62. The molecule has 17 heavy (non-hydrogen) atoms. The first-order valence-corrected chi connectivity index (χ1v) is 5.93. The van der Waals surface area contributed by atoms with Crippen molar-refractivity contribution in [3.63, 3.8) is 0 Å². The molecule has 1 aliphatic carbocycles. The average Bonchev–Trinajstić information content (AvgIpc) is 2.71. The van der Waals surface area contributed by atoms with Crippen LogP contribution in [0.25, 0.3) is 0 Å². The minimum absolute atomic E-state index is 0.183. The third-order valence-corrected chi connectivity index (χ3v) is 3.15. The van der Waals surface area contributed by atoms with Gasteiger partial charge in [-0.15, -0.1) is 0 Å². The Kier molecular flexibility index (Phi) is 3.75. The van der Waals surface area contributed by atoms with Crippen molar-refractivity contribution in [3.05, 3.63) is 11.8 Å². The normalized spacial score (nSPS) is 23.7. The number of hydrogen-bond acceptors (Lipinski definition) is 6. The maximum atomic E-state index is 9.72. The zero-order valence-electron chi connectivity index (χ0n) is 9.98. The number of nitrogens with one attached hydrogen (secondary N) is 2. The maximum absolute atomic E-state index is 9.72. The van der Waals surface area contributed by atoms with Crippen molar-refractivity contribution in [2.24, 2.45) is 11.8 Å². The number of aliphatic hydroxyl groups is 1. The Balaban J connectivity index is 1.96. The molecule has 5 N–H and O–H groups in total. The number of aliphatic hydroxyl groups excluding tert-OH is 1. The monoisotopic (exact) mass is 237 g/mol. The van der Waals surface area contributed by atoms with Gasteiger partial charge in [0.05, 0.1) is 6.10 Å². The minimum Gasteiger partial charge on any atom is -0.393 e. The third kappa shape index (κ3) is 3.04. The first kappa shape index (κ1) is 12.1. The number of nitrogen functional groups attached to an aromatic ring is 1. The number of aromatic nitrogens is 2. The molecule has 2 unspecified atom stereocenters. The Morgan fingerprint density at radius 3 is 2.94 bits per heavy atom. The van der Waals surface area contributed by atoms with Crippen molar-refractivity contribution in [2.45, 2.75) is 32.3 Å². The van der Waals surface area contributed by atoms with Crippen LogP contribution in [-0.4, -0.2) is 27.7 Å². The predicted octanol–water partition coefficient (Wildman–Crippen LogP) is 0.644. The van der Waals surface area contributed by atoms with E-state index < -0.39 is 0 Å². The summed E-state index contributed by atoms with van der Waals surface area (Å²) >= 11 is 0. The standard InChI is InChI=1S/C11H19N5O/c1-7-5-10(15-11(14-7)16-12)13-6-8-3-2-4-9(8)17/h5,8-9,17H,2-4,6,12H2,1H3,(H2,13,14,15,16). The van der Waals surface area contributed by atoms with Crippen molar-refractivity contribution < 1.29 is 5.11 Å². The molecule has 1 aromatic rings. The van der Waals surface area contributed by atoms with E-state index in [4.69, 9.17) is 5.84 Å². The van der Waals surface area contributed by atoms with Gasteiger partial charge in [-0.05, 0) is 19.8 Å². The smallest absolute Gasteiger partial charge is 0.239 e. The van der Waals surface area contributed by atoms with Gasteiger partial charge in [0.2, 0.25) is 5.95 Å². The highest BCUT2D eigenvalue weighted by Gasteiger charge is 2.24. The van der Waals surface area contributed by atoms with E-state index in [1.807, 2.05) is 13.0 Å². The first-order chi connectivity index (χ1) is 8.19. The van der Waals surface area contributed by atoms with E-state index in [0.29, 0.717) is 11.9 Å². The van der Waals surface area contributed by atoms with E-state index in [1.165, 1.54) is 0 Å². The Labute approximate surface area is 101 Å². The molecule has 0 spiro atoms. The van der Waals surface area contributed by atoms with E-state index >= 15 is 0 Å². The Hall–Kier alpha value is -1.40. The van der Waals surface area contributed by atoms with E-state index in [9.17, 15) is 5.11 Å². The molecular formula is C11H19N5O. The lowest BCUT2D eigenvalue weighted by molar-refractivity contribution is 0.138. The number of nitrogens with two attached hydrogens (primary N) is 1. The molecular weight excluding hydrogens is 218 g/mol. The summed E-state index contributed by atoms with van der Waals surface area (Å²) in [7, 11) is 0. The van der Waals surface area contributed by atoms with Crippen LogP contribution in [0.1, 0.15) is 25.0 Å². The lowest BCUT2D eigenvalue weighted by Gasteiger charge is -2.15. The summed E-state index contributed by atoms with van der Waals surface area (Å²) in [4.78, 5) is 8.31. The Morgan fingerprint density at radius 1 is 1.47 bits per heavy atom. The molecule has 6 nitrogen and oxygen atoms in total. The zero-order valence-corrected chi connectivity index (χ0v) is 9.98. The molecule has 6 heteroatoms. The fraction of sp³-hybridized carbons (Fsp3) is 0.636. The molecule has 2 atom stereocenters. The second kappa shape index (κ2) is 5.29. The van der Waals surface area contributed by atoms with Crippen LogP contribution in [0.3, 0.4) is 0 Å². The predicted molar refractivity (Wildman–Crippen MR) is 66.4 cm³/mol. The van der Waals surface area contributed by atoms with Gasteiger partial charge < -0.3 is 10.4 Å². The molecule has 1 aliphatic rings. The van der Waals surface area contributed by atoms with Crippen molar-refractivity contribution in [3.8, 4) is 0 Å². The highest BCUT2D eigenvalue weighted by Crippen LogP contribution is 2.25. The number of anilines is 2. The highest BCUT2D eigenvalue weighted by atomic mass is 16.3. The average molecular weight is 237 g/mol. The Bertz CT molecular complexity index is 384. The molecule has 0 bridgehead atoms. The van der Waals surface area contributed by atoms with Gasteiger partial charge in [0.25, 0.3) is 0 Å². The van der Waals surface area contributed by atoms with E-state index in [0.717, 1.165) is 37.3 Å². The minimum atomic E-state index is -0.183. The SMILES string of the molecule is Cc1cc(NCC2CCCC2O)nc(NN)n1. The maximum Gasteiger partial charge on any atom is 0.239 e. The number of aryl methyl sites for hydroxylation is 1. The van der Waals surface area contributed by atoms with Crippen molar-refractivity contribution >= 4 is 11.8 Å². The largest absolute Gasteiger partial charge is 0.393 e. The van der Waals surface area contributed by atoms with Gasteiger partial charge in [0.15, 0.2) is 0 Å². The zero-order chi connectivity index (χ0) is 12.3. The van der Waals surface area contributed by atoms with Crippen LogP contribution < -0.4 is 16.6 Å². The fourth-order valence-electron chi connectivity index (χ4n) is 2.21. The van der Waals surface area contributed by atoms with E-state index in [-0.39, 0.29) is 6.10 Å². The summed E-state index contributed by atoms with van der Waals surface area (Å²) in [5, 5.41) is 12.9. The van der Waals surface area contributed by atoms with Gasteiger partial charge in [-0.25, -0.2) is 10.8 Å². The molecule has 94 valence electrons. The molecule has 0 radical (unpaired) electrons. The second-order valence-electron chi connectivity index (χ2n) is 4.50. The quantitative estimate of drug-likeness (QED) is 0.453. The molecule has 0 saturated heterocycles. The van der Waals surface area contributed by atoms with Gasteiger partial charge in [-0.2, -0.15) is 4.98 Å². The van der Waals surface area contributed by atoms with Crippen LogP contribution in [0, 0.1) is 12.8 Å². The van der Waals surface area contributed by atoms with E-state index in [1.54, 1.807) is 0 Å². The van der Waals surface area contributed by atoms with Crippen molar-refractivity contribution in [1.29, 1.82) is 0 Å². The number of hydrazine groups is 1.